The number of hydrogen-bond donors (Lipinski definition) is 0. The maximum atomic E-state index is 7.30. The molecule has 0 aliphatic rings. The van der Waals surface area contributed by atoms with Crippen molar-refractivity contribution in [3.05, 3.63) is 29.8 Å². The van der Waals surface area contributed by atoms with Gasteiger partial charge in [0.25, 0.3) is 0 Å². The van der Waals surface area contributed by atoms with Gasteiger partial charge in [0.15, 0.2) is 0 Å². The van der Waals surface area contributed by atoms with Crippen LogP contribution in [0.2, 0.25) is 0 Å². The first-order chi connectivity index (χ1) is 4.86. The monoisotopic (exact) mass is 136 g/mol. The van der Waals surface area contributed by atoms with E-state index in [0.717, 1.165) is 10.2 Å². The Morgan fingerprint density at radius 1 is 1.56 bits per heavy atom. The number of fused-ring (bicyclic) bond motifs is 1. The summed E-state index contributed by atoms with van der Waals surface area (Å²) in [7, 11) is 0. The summed E-state index contributed by atoms with van der Waals surface area (Å²) in [5.41, 5.74) is 0. The van der Waals surface area contributed by atoms with E-state index in [4.69, 9.17) is 1.37 Å². The Bertz CT molecular complexity index is 322. The SMILES string of the molecule is [2H]c1cc2cccnc2s1. The van der Waals surface area contributed by atoms with Crippen LogP contribution >= 0.6 is 11.3 Å². The molecule has 1 nitrogen and oxygen atoms in total. The van der Waals surface area contributed by atoms with E-state index in [2.05, 4.69) is 4.98 Å². The molecule has 0 aromatic carbocycles. The van der Waals surface area contributed by atoms with Crippen LogP contribution in [0.15, 0.2) is 29.8 Å². The molecule has 2 aromatic heterocycles. The third-order valence-corrected chi connectivity index (χ3v) is 1.94. The maximum absolute atomic E-state index is 7.30. The highest BCUT2D eigenvalue weighted by atomic mass is 32.1. The third kappa shape index (κ3) is 0.715. The van der Waals surface area contributed by atoms with Crippen LogP contribution in [-0.2, 0) is 0 Å². The largest absolute Gasteiger partial charge is 0.245 e. The maximum Gasteiger partial charge on any atom is 0.123 e. The molecule has 0 radical (unpaired) electrons. The fraction of sp³-hybridized carbons (Fsp3) is 0. The minimum atomic E-state index is 0.578. The highest BCUT2D eigenvalue weighted by molar-refractivity contribution is 7.16. The van der Waals surface area contributed by atoms with Crippen LogP contribution in [0.1, 0.15) is 1.37 Å². The van der Waals surface area contributed by atoms with E-state index in [-0.39, 0.29) is 0 Å². The molecule has 2 rings (SSSR count). The topological polar surface area (TPSA) is 12.9 Å². The molecule has 2 aromatic rings. The number of rotatable bonds is 0. The van der Waals surface area contributed by atoms with Crippen LogP contribution in [0.4, 0.5) is 0 Å². The molecule has 0 saturated carbocycles. The first kappa shape index (κ1) is 4.01. The van der Waals surface area contributed by atoms with Crippen molar-refractivity contribution in [2.75, 3.05) is 0 Å². The summed E-state index contributed by atoms with van der Waals surface area (Å²) in [6.07, 6.45) is 1.75. The lowest BCUT2D eigenvalue weighted by atomic mass is 10.4. The molecule has 0 N–H and O–H groups in total. The summed E-state index contributed by atoms with van der Waals surface area (Å²) in [5.74, 6) is 0. The van der Waals surface area contributed by atoms with Crippen LogP contribution in [0, 0.1) is 0 Å². The Morgan fingerprint density at radius 2 is 2.56 bits per heavy atom. The Balaban J connectivity index is 2.88. The highest BCUT2D eigenvalue weighted by Gasteiger charge is 1.89. The lowest BCUT2D eigenvalue weighted by molar-refractivity contribution is 1.45. The Kier molecular flexibility index (Phi) is 0.807. The van der Waals surface area contributed by atoms with Crippen molar-refractivity contribution in [3.63, 3.8) is 0 Å². The van der Waals surface area contributed by atoms with Crippen molar-refractivity contribution in [2.24, 2.45) is 0 Å². The zero-order chi connectivity index (χ0) is 6.97. The van der Waals surface area contributed by atoms with E-state index in [0.29, 0.717) is 5.36 Å². The van der Waals surface area contributed by atoms with E-state index >= 15 is 0 Å². The van der Waals surface area contributed by atoms with E-state index in [1.54, 1.807) is 6.20 Å². The number of thiophene rings is 1. The number of nitrogens with zero attached hydrogens (tertiary/aromatic N) is 1. The molecular formula is C7H5NS. The molecule has 0 aliphatic carbocycles. The predicted molar refractivity (Wildman–Crippen MR) is 39.6 cm³/mol. The quantitative estimate of drug-likeness (QED) is 0.541. The van der Waals surface area contributed by atoms with Gasteiger partial charge in [-0.25, -0.2) is 4.98 Å². The van der Waals surface area contributed by atoms with Crippen molar-refractivity contribution < 1.29 is 1.37 Å². The van der Waals surface area contributed by atoms with Crippen LogP contribution < -0.4 is 0 Å². The molecule has 0 spiro atoms. The summed E-state index contributed by atoms with van der Waals surface area (Å²) in [5, 5.41) is 1.64. The lowest BCUT2D eigenvalue weighted by Gasteiger charge is -1.81. The second kappa shape index (κ2) is 1.81. The van der Waals surface area contributed by atoms with Crippen LogP contribution in [0.3, 0.4) is 0 Å². The van der Waals surface area contributed by atoms with Crippen molar-refractivity contribution in [2.45, 2.75) is 0 Å². The van der Waals surface area contributed by atoms with Crippen LogP contribution in [0.5, 0.6) is 0 Å². The Morgan fingerprint density at radius 3 is 3.44 bits per heavy atom. The van der Waals surface area contributed by atoms with E-state index in [1.807, 2.05) is 18.2 Å². The van der Waals surface area contributed by atoms with Crippen molar-refractivity contribution in [3.8, 4) is 0 Å². The molecular weight excluding hydrogens is 130 g/mol. The average molecular weight is 136 g/mol. The van der Waals surface area contributed by atoms with Gasteiger partial charge in [-0.15, -0.1) is 11.3 Å². The van der Waals surface area contributed by atoms with E-state index < -0.39 is 0 Å². The number of aromatic nitrogens is 1. The molecule has 2 heteroatoms. The Labute approximate surface area is 58.4 Å². The summed E-state index contributed by atoms with van der Waals surface area (Å²) in [4.78, 5) is 5.05. The normalized spacial score (nSPS) is 11.8. The summed E-state index contributed by atoms with van der Waals surface area (Å²) < 4.78 is 7.30. The van der Waals surface area contributed by atoms with Gasteiger partial charge >= 0.3 is 0 Å². The van der Waals surface area contributed by atoms with Gasteiger partial charge in [-0.1, -0.05) is 6.07 Å². The van der Waals surface area contributed by atoms with Gasteiger partial charge < -0.3 is 0 Å². The molecule has 44 valence electrons. The molecule has 0 amide bonds. The first-order valence-corrected chi connectivity index (χ1v) is 3.49. The Hall–Kier alpha value is -0.890. The van der Waals surface area contributed by atoms with Gasteiger partial charge in [-0.05, 0) is 17.5 Å². The van der Waals surface area contributed by atoms with Crippen molar-refractivity contribution in [1.29, 1.82) is 0 Å². The average Bonchev–Trinajstić information content (AvgIpc) is 2.27. The zero-order valence-corrected chi connectivity index (χ0v) is 5.48. The zero-order valence-electron chi connectivity index (χ0n) is 5.66. The standard InChI is InChI=1S/C7H5NS/c1-2-6-3-5-9-7(6)8-4-1/h1-5H/i5D. The van der Waals surface area contributed by atoms with Gasteiger partial charge in [0.2, 0.25) is 0 Å². The second-order valence-electron chi connectivity index (χ2n) is 1.76. The summed E-state index contributed by atoms with van der Waals surface area (Å²) >= 11 is 1.41. The van der Waals surface area contributed by atoms with E-state index in [1.165, 1.54) is 11.3 Å². The second-order valence-corrected chi connectivity index (χ2v) is 2.59. The summed E-state index contributed by atoms with van der Waals surface area (Å²) in [6.45, 7) is 0. The minimum absolute atomic E-state index is 0.578. The number of pyridine rings is 1. The third-order valence-electron chi connectivity index (χ3n) is 1.17. The highest BCUT2D eigenvalue weighted by Crippen LogP contribution is 2.15. The molecule has 2 heterocycles. The molecule has 0 unspecified atom stereocenters. The fourth-order valence-electron chi connectivity index (χ4n) is 0.747. The minimum Gasteiger partial charge on any atom is -0.245 e. The predicted octanol–water partition coefficient (Wildman–Crippen LogP) is 2.30. The van der Waals surface area contributed by atoms with Crippen LogP contribution in [0.25, 0.3) is 10.2 Å². The molecule has 0 aliphatic heterocycles. The van der Waals surface area contributed by atoms with Crippen LogP contribution in [-0.4, -0.2) is 4.98 Å². The van der Waals surface area contributed by atoms with Crippen molar-refractivity contribution in [1.82, 2.24) is 4.98 Å². The van der Waals surface area contributed by atoms with Gasteiger partial charge in [-0.3, -0.25) is 0 Å². The molecule has 9 heavy (non-hydrogen) atoms. The van der Waals surface area contributed by atoms with E-state index in [9.17, 15) is 0 Å². The van der Waals surface area contributed by atoms with Gasteiger partial charge in [0.1, 0.15) is 4.83 Å². The fourth-order valence-corrected chi connectivity index (χ4v) is 1.40. The smallest absolute Gasteiger partial charge is 0.123 e. The molecule has 0 fully saturated rings. The van der Waals surface area contributed by atoms with Gasteiger partial charge in [0.05, 0.1) is 1.37 Å². The molecule has 0 saturated heterocycles. The van der Waals surface area contributed by atoms with Gasteiger partial charge in [0, 0.05) is 11.6 Å². The number of hydrogen-bond acceptors (Lipinski definition) is 2. The van der Waals surface area contributed by atoms with Crippen molar-refractivity contribution >= 4 is 21.6 Å². The van der Waals surface area contributed by atoms with Gasteiger partial charge in [-0.2, -0.15) is 0 Å². The molecule has 0 atom stereocenters. The lowest BCUT2D eigenvalue weighted by Crippen LogP contribution is -1.65. The molecule has 0 bridgehead atoms. The first-order valence-electron chi connectivity index (χ1n) is 3.17. The summed E-state index contributed by atoms with van der Waals surface area (Å²) in [6, 6.07) is 5.68.